The van der Waals surface area contributed by atoms with Gasteiger partial charge < -0.3 is 9.80 Å². The lowest BCUT2D eigenvalue weighted by molar-refractivity contribution is 0.143. The monoisotopic (exact) mass is 252 g/mol. The third kappa shape index (κ3) is 4.91. The summed E-state index contributed by atoms with van der Waals surface area (Å²) in [5, 5.41) is 0. The lowest BCUT2D eigenvalue weighted by atomic mass is 10.1. The van der Waals surface area contributed by atoms with Gasteiger partial charge in [-0.15, -0.1) is 0 Å². The molecule has 1 unspecified atom stereocenters. The second-order valence-electron chi connectivity index (χ2n) is 5.40. The van der Waals surface area contributed by atoms with Crippen molar-refractivity contribution in [2.75, 3.05) is 13.1 Å². The van der Waals surface area contributed by atoms with Gasteiger partial charge in [-0.2, -0.15) is 0 Å². The Morgan fingerprint density at radius 1 is 0.778 bits per heavy atom. The Morgan fingerprint density at radius 2 is 1.44 bits per heavy atom. The average Bonchev–Trinajstić information content (AvgIpc) is 2.78. The highest BCUT2D eigenvalue weighted by Crippen LogP contribution is 2.21. The normalized spacial score (nSPS) is 18.9. The predicted molar refractivity (Wildman–Crippen MR) is 80.3 cm³/mol. The zero-order valence-electron chi connectivity index (χ0n) is 12.7. The van der Waals surface area contributed by atoms with Crippen LogP contribution in [0.3, 0.4) is 0 Å². The molecular weight excluding hydrogens is 220 g/mol. The standard InChI is InChI=1S/C16H32N2/c1-4-7-9-10-11-13-18-15-14-17(6-3)16(18)12-8-5-2/h14-16H,4-13H2,1-3H3. The third-order valence-electron chi connectivity index (χ3n) is 3.92. The van der Waals surface area contributed by atoms with Gasteiger partial charge in [0.05, 0.1) is 0 Å². The number of hydrogen-bond donors (Lipinski definition) is 0. The Hall–Kier alpha value is -0.660. The lowest BCUT2D eigenvalue weighted by Crippen LogP contribution is -2.38. The number of unbranched alkanes of at least 4 members (excludes halogenated alkanes) is 5. The quantitative estimate of drug-likeness (QED) is 0.525. The largest absolute Gasteiger partial charge is 0.356 e. The van der Waals surface area contributed by atoms with Crippen LogP contribution < -0.4 is 0 Å². The minimum Gasteiger partial charge on any atom is -0.356 e. The van der Waals surface area contributed by atoms with Crippen LogP contribution in [-0.4, -0.2) is 29.1 Å². The van der Waals surface area contributed by atoms with Crippen molar-refractivity contribution in [3.8, 4) is 0 Å². The average molecular weight is 252 g/mol. The van der Waals surface area contributed by atoms with Crippen LogP contribution in [0.2, 0.25) is 0 Å². The molecule has 0 aromatic rings. The van der Waals surface area contributed by atoms with Gasteiger partial charge in [0.25, 0.3) is 0 Å². The summed E-state index contributed by atoms with van der Waals surface area (Å²) in [6.07, 6.45) is 16.1. The van der Waals surface area contributed by atoms with Crippen molar-refractivity contribution >= 4 is 0 Å². The van der Waals surface area contributed by atoms with Crippen molar-refractivity contribution in [1.82, 2.24) is 9.80 Å². The zero-order chi connectivity index (χ0) is 13.2. The highest BCUT2D eigenvalue weighted by molar-refractivity contribution is 4.96. The second-order valence-corrected chi connectivity index (χ2v) is 5.40. The van der Waals surface area contributed by atoms with Gasteiger partial charge in [-0.25, -0.2) is 0 Å². The van der Waals surface area contributed by atoms with Crippen molar-refractivity contribution in [3.63, 3.8) is 0 Å². The zero-order valence-corrected chi connectivity index (χ0v) is 12.7. The Morgan fingerprint density at radius 3 is 2.11 bits per heavy atom. The van der Waals surface area contributed by atoms with Gasteiger partial charge in [0.15, 0.2) is 0 Å². The van der Waals surface area contributed by atoms with Crippen LogP contribution in [0.1, 0.15) is 72.1 Å². The fourth-order valence-electron chi connectivity index (χ4n) is 2.72. The Bertz CT molecular complexity index is 225. The summed E-state index contributed by atoms with van der Waals surface area (Å²) in [7, 11) is 0. The topological polar surface area (TPSA) is 6.48 Å². The predicted octanol–water partition coefficient (Wildman–Crippen LogP) is 4.58. The first-order chi connectivity index (χ1) is 8.83. The molecule has 0 radical (unpaired) electrons. The molecule has 0 saturated carbocycles. The molecule has 0 aromatic heterocycles. The van der Waals surface area contributed by atoms with Crippen LogP contribution in [0.4, 0.5) is 0 Å². The fraction of sp³-hybridized carbons (Fsp3) is 0.875. The molecule has 0 aromatic carbocycles. The molecule has 0 saturated heterocycles. The maximum absolute atomic E-state index is 2.56. The van der Waals surface area contributed by atoms with E-state index in [9.17, 15) is 0 Å². The van der Waals surface area contributed by atoms with Crippen LogP contribution in [0.5, 0.6) is 0 Å². The van der Waals surface area contributed by atoms with E-state index >= 15 is 0 Å². The van der Waals surface area contributed by atoms with Gasteiger partial charge in [0.1, 0.15) is 6.17 Å². The van der Waals surface area contributed by atoms with E-state index in [2.05, 4.69) is 43.0 Å². The summed E-state index contributed by atoms with van der Waals surface area (Å²) in [5.41, 5.74) is 0. The summed E-state index contributed by atoms with van der Waals surface area (Å²) in [4.78, 5) is 5.05. The van der Waals surface area contributed by atoms with Crippen molar-refractivity contribution in [1.29, 1.82) is 0 Å². The molecule has 1 aliphatic heterocycles. The number of nitrogens with zero attached hydrogens (tertiary/aromatic N) is 2. The second kappa shape index (κ2) is 9.29. The molecule has 1 aliphatic rings. The summed E-state index contributed by atoms with van der Waals surface area (Å²) < 4.78 is 0. The molecule has 1 heterocycles. The van der Waals surface area contributed by atoms with Gasteiger partial charge in [0.2, 0.25) is 0 Å². The van der Waals surface area contributed by atoms with Crippen LogP contribution in [0, 0.1) is 0 Å². The Labute approximate surface area is 114 Å². The SMILES string of the molecule is CCCCCCCN1C=CN(CC)C1CCCC. The van der Waals surface area contributed by atoms with E-state index in [0.29, 0.717) is 6.17 Å². The van der Waals surface area contributed by atoms with Crippen LogP contribution in [-0.2, 0) is 0 Å². The first-order valence-electron chi connectivity index (χ1n) is 8.03. The van der Waals surface area contributed by atoms with Crippen molar-refractivity contribution in [2.45, 2.75) is 78.3 Å². The molecule has 106 valence electrons. The summed E-state index contributed by atoms with van der Waals surface area (Å²) >= 11 is 0. The Balaban J connectivity index is 2.26. The highest BCUT2D eigenvalue weighted by atomic mass is 15.4. The molecule has 1 rings (SSSR count). The molecule has 1 atom stereocenters. The molecule has 0 bridgehead atoms. The molecule has 0 amide bonds. The van der Waals surface area contributed by atoms with Gasteiger partial charge in [-0.1, -0.05) is 46.0 Å². The van der Waals surface area contributed by atoms with E-state index in [0.717, 1.165) is 6.54 Å². The summed E-state index contributed by atoms with van der Waals surface area (Å²) in [6, 6.07) is 0. The van der Waals surface area contributed by atoms with Gasteiger partial charge in [0, 0.05) is 25.5 Å². The molecule has 0 spiro atoms. The van der Waals surface area contributed by atoms with Gasteiger partial charge >= 0.3 is 0 Å². The molecular formula is C16H32N2. The highest BCUT2D eigenvalue weighted by Gasteiger charge is 2.23. The van der Waals surface area contributed by atoms with Crippen molar-refractivity contribution < 1.29 is 0 Å². The minimum atomic E-state index is 0.640. The molecule has 2 heteroatoms. The lowest BCUT2D eigenvalue weighted by Gasteiger charge is -2.32. The van der Waals surface area contributed by atoms with E-state index in [4.69, 9.17) is 0 Å². The molecule has 18 heavy (non-hydrogen) atoms. The molecule has 0 fully saturated rings. The van der Waals surface area contributed by atoms with Crippen LogP contribution >= 0.6 is 0 Å². The van der Waals surface area contributed by atoms with Crippen molar-refractivity contribution in [2.24, 2.45) is 0 Å². The van der Waals surface area contributed by atoms with E-state index in [-0.39, 0.29) is 0 Å². The van der Waals surface area contributed by atoms with Crippen LogP contribution in [0.15, 0.2) is 12.4 Å². The summed E-state index contributed by atoms with van der Waals surface area (Å²) in [5.74, 6) is 0. The van der Waals surface area contributed by atoms with E-state index < -0.39 is 0 Å². The summed E-state index contributed by atoms with van der Waals surface area (Å²) in [6.45, 7) is 9.20. The van der Waals surface area contributed by atoms with E-state index in [1.54, 1.807) is 0 Å². The minimum absolute atomic E-state index is 0.640. The number of hydrogen-bond acceptors (Lipinski definition) is 2. The Kier molecular flexibility index (Phi) is 7.95. The van der Waals surface area contributed by atoms with Crippen molar-refractivity contribution in [3.05, 3.63) is 12.4 Å². The first-order valence-corrected chi connectivity index (χ1v) is 8.03. The molecule has 0 aliphatic carbocycles. The number of rotatable bonds is 10. The van der Waals surface area contributed by atoms with E-state index in [1.165, 1.54) is 57.9 Å². The smallest absolute Gasteiger partial charge is 0.101 e. The molecule has 0 N–H and O–H groups in total. The molecule has 2 nitrogen and oxygen atoms in total. The maximum Gasteiger partial charge on any atom is 0.101 e. The van der Waals surface area contributed by atoms with Crippen LogP contribution in [0.25, 0.3) is 0 Å². The van der Waals surface area contributed by atoms with E-state index in [1.807, 2.05) is 0 Å². The maximum atomic E-state index is 2.56. The van der Waals surface area contributed by atoms with Gasteiger partial charge in [-0.05, 0) is 26.2 Å². The first kappa shape index (κ1) is 15.4. The third-order valence-corrected chi connectivity index (χ3v) is 3.92. The van der Waals surface area contributed by atoms with Gasteiger partial charge in [-0.3, -0.25) is 0 Å². The fourth-order valence-corrected chi connectivity index (χ4v) is 2.72.